The largest absolute Gasteiger partial charge is 0.370 e. The van der Waals surface area contributed by atoms with Crippen molar-refractivity contribution < 1.29 is 4.79 Å². The Balaban J connectivity index is 1.53. The van der Waals surface area contributed by atoms with Crippen molar-refractivity contribution in [3.05, 3.63) is 39.6 Å². The van der Waals surface area contributed by atoms with E-state index in [0.29, 0.717) is 12.5 Å². The number of anilines is 2. The molecular formula is C18H25N7O2. The van der Waals surface area contributed by atoms with Gasteiger partial charge in [-0.1, -0.05) is 0 Å². The molecular weight excluding hydrogens is 346 g/mol. The lowest BCUT2D eigenvalue weighted by Crippen LogP contribution is -2.32. The van der Waals surface area contributed by atoms with E-state index < -0.39 is 0 Å². The van der Waals surface area contributed by atoms with Gasteiger partial charge in [-0.25, -0.2) is 14.6 Å². The summed E-state index contributed by atoms with van der Waals surface area (Å²) in [4.78, 5) is 34.5. The van der Waals surface area contributed by atoms with Crippen molar-refractivity contribution in [2.75, 3.05) is 30.3 Å². The lowest BCUT2D eigenvalue weighted by Gasteiger charge is -2.18. The molecule has 1 fully saturated rings. The number of nitrogens with one attached hydrogen (secondary N) is 1. The van der Waals surface area contributed by atoms with Crippen LogP contribution < -0.4 is 21.5 Å². The molecule has 1 saturated heterocycles. The van der Waals surface area contributed by atoms with Crippen LogP contribution in [-0.2, 0) is 18.3 Å². The Bertz CT molecular complexity index is 886. The number of carbonyl (C=O) groups excluding carboxylic acids is 1. The molecule has 0 bridgehead atoms. The maximum Gasteiger partial charge on any atom is 0.268 e. The van der Waals surface area contributed by atoms with Gasteiger partial charge in [-0.15, -0.1) is 0 Å². The van der Waals surface area contributed by atoms with Crippen molar-refractivity contribution in [1.29, 1.82) is 0 Å². The normalized spacial score (nSPS) is 16.6. The second-order valence-corrected chi connectivity index (χ2v) is 6.99. The molecule has 2 aromatic heterocycles. The summed E-state index contributed by atoms with van der Waals surface area (Å²) in [5.41, 5.74) is 8.63. The molecule has 9 nitrogen and oxygen atoms in total. The molecule has 1 atom stereocenters. The molecule has 0 aliphatic carbocycles. The summed E-state index contributed by atoms with van der Waals surface area (Å²) in [7, 11) is 1.63. The highest BCUT2D eigenvalue weighted by Gasteiger charge is 2.24. The number of rotatable bonds is 5. The topological polar surface area (TPSA) is 119 Å². The summed E-state index contributed by atoms with van der Waals surface area (Å²) >= 11 is 0. The molecule has 9 heteroatoms. The van der Waals surface area contributed by atoms with Crippen LogP contribution in [0.1, 0.15) is 23.4 Å². The zero-order valence-corrected chi connectivity index (χ0v) is 15.9. The number of nitrogens with zero attached hydrogens (tertiary/aromatic N) is 5. The van der Waals surface area contributed by atoms with E-state index in [-0.39, 0.29) is 23.8 Å². The van der Waals surface area contributed by atoms with Gasteiger partial charge in [0.25, 0.3) is 5.56 Å². The van der Waals surface area contributed by atoms with Crippen LogP contribution in [0.2, 0.25) is 0 Å². The Hall–Kier alpha value is -2.97. The van der Waals surface area contributed by atoms with E-state index in [1.807, 2.05) is 13.8 Å². The molecule has 0 spiro atoms. The summed E-state index contributed by atoms with van der Waals surface area (Å²) in [5, 5.41) is 7.06. The van der Waals surface area contributed by atoms with Gasteiger partial charge < -0.3 is 16.0 Å². The van der Waals surface area contributed by atoms with E-state index in [0.717, 1.165) is 42.1 Å². The van der Waals surface area contributed by atoms with Crippen molar-refractivity contribution in [3.63, 3.8) is 0 Å². The maximum atomic E-state index is 12.3. The molecule has 3 rings (SSSR count). The summed E-state index contributed by atoms with van der Waals surface area (Å²) in [6, 6.07) is 1.60. The van der Waals surface area contributed by atoms with Gasteiger partial charge in [0.2, 0.25) is 11.9 Å². The minimum absolute atomic E-state index is 0.0525. The molecule has 0 saturated carbocycles. The van der Waals surface area contributed by atoms with Gasteiger partial charge in [0.1, 0.15) is 0 Å². The SMILES string of the molecule is Cc1nc(N)nc(C)c1CC(=O)NC[C@H]1CCN(c2cnn(C)c(=O)c2)C1. The van der Waals surface area contributed by atoms with Crippen molar-refractivity contribution in [2.45, 2.75) is 26.7 Å². The first-order chi connectivity index (χ1) is 12.8. The van der Waals surface area contributed by atoms with Crippen LogP contribution in [0.3, 0.4) is 0 Å². The van der Waals surface area contributed by atoms with E-state index in [4.69, 9.17) is 5.73 Å². The Labute approximate surface area is 157 Å². The van der Waals surface area contributed by atoms with Crippen LogP contribution in [-0.4, -0.2) is 45.3 Å². The summed E-state index contributed by atoms with van der Waals surface area (Å²) in [6.45, 7) is 5.90. The number of nitrogen functional groups attached to an aromatic ring is 1. The molecule has 2 aromatic rings. The molecule has 0 unspecified atom stereocenters. The van der Waals surface area contributed by atoms with Gasteiger partial charge in [0.15, 0.2) is 0 Å². The van der Waals surface area contributed by atoms with E-state index in [9.17, 15) is 9.59 Å². The van der Waals surface area contributed by atoms with E-state index in [1.54, 1.807) is 19.3 Å². The highest BCUT2D eigenvalue weighted by atomic mass is 16.1. The molecule has 1 amide bonds. The molecule has 1 aliphatic heterocycles. The molecule has 3 heterocycles. The van der Waals surface area contributed by atoms with Gasteiger partial charge >= 0.3 is 0 Å². The first-order valence-electron chi connectivity index (χ1n) is 8.98. The fourth-order valence-corrected chi connectivity index (χ4v) is 3.37. The lowest BCUT2D eigenvalue weighted by molar-refractivity contribution is -0.120. The fraction of sp³-hybridized carbons (Fsp3) is 0.500. The standard InChI is InChI=1S/C18H25N7O2/c1-11-15(12(2)23-18(19)22-11)7-16(26)20-8-13-4-5-25(10-13)14-6-17(27)24(3)21-9-14/h6,9,13H,4-5,7-8,10H2,1-3H3,(H,20,26)(H2,19,22,23)/t13-/m1/s1. The smallest absolute Gasteiger partial charge is 0.268 e. The number of aryl methyl sites for hydroxylation is 3. The minimum Gasteiger partial charge on any atom is -0.370 e. The van der Waals surface area contributed by atoms with E-state index in [2.05, 4.69) is 25.3 Å². The highest BCUT2D eigenvalue weighted by molar-refractivity contribution is 5.79. The van der Waals surface area contributed by atoms with Gasteiger partial charge in [0.05, 0.1) is 18.3 Å². The number of hydrogen-bond donors (Lipinski definition) is 2. The number of amides is 1. The third-order valence-corrected chi connectivity index (χ3v) is 4.97. The number of nitrogens with two attached hydrogens (primary N) is 1. The van der Waals surface area contributed by atoms with Crippen molar-refractivity contribution in [1.82, 2.24) is 25.1 Å². The second-order valence-electron chi connectivity index (χ2n) is 6.99. The fourth-order valence-electron chi connectivity index (χ4n) is 3.37. The van der Waals surface area contributed by atoms with Crippen molar-refractivity contribution in [3.8, 4) is 0 Å². The van der Waals surface area contributed by atoms with E-state index in [1.165, 1.54) is 4.68 Å². The lowest BCUT2D eigenvalue weighted by atomic mass is 10.1. The predicted molar refractivity (Wildman–Crippen MR) is 102 cm³/mol. The first-order valence-corrected chi connectivity index (χ1v) is 8.98. The van der Waals surface area contributed by atoms with Gasteiger partial charge in [-0.2, -0.15) is 5.10 Å². The van der Waals surface area contributed by atoms with Gasteiger partial charge in [-0.3, -0.25) is 9.59 Å². The van der Waals surface area contributed by atoms with Crippen molar-refractivity contribution >= 4 is 17.5 Å². The van der Waals surface area contributed by atoms with Crippen LogP contribution >= 0.6 is 0 Å². The summed E-state index contributed by atoms with van der Waals surface area (Å²) in [5.74, 6) is 0.511. The number of hydrogen-bond acceptors (Lipinski definition) is 7. The molecule has 0 aromatic carbocycles. The molecule has 3 N–H and O–H groups in total. The highest BCUT2D eigenvalue weighted by Crippen LogP contribution is 2.21. The van der Waals surface area contributed by atoms with Crippen LogP contribution in [0.4, 0.5) is 11.6 Å². The third kappa shape index (κ3) is 4.42. The first kappa shape index (κ1) is 18.8. The molecule has 27 heavy (non-hydrogen) atoms. The Kier molecular flexibility index (Phi) is 5.38. The average molecular weight is 371 g/mol. The predicted octanol–water partition coefficient (Wildman–Crippen LogP) is -0.0455. The quantitative estimate of drug-likeness (QED) is 0.756. The Morgan fingerprint density at radius 3 is 2.70 bits per heavy atom. The molecule has 0 radical (unpaired) electrons. The Morgan fingerprint density at radius 1 is 1.33 bits per heavy atom. The van der Waals surface area contributed by atoms with Crippen LogP contribution in [0.5, 0.6) is 0 Å². The van der Waals surface area contributed by atoms with Gasteiger partial charge in [0, 0.05) is 49.7 Å². The van der Waals surface area contributed by atoms with Crippen LogP contribution in [0.15, 0.2) is 17.1 Å². The van der Waals surface area contributed by atoms with Crippen LogP contribution in [0, 0.1) is 19.8 Å². The average Bonchev–Trinajstić information content (AvgIpc) is 3.07. The van der Waals surface area contributed by atoms with Crippen LogP contribution in [0.25, 0.3) is 0 Å². The monoisotopic (exact) mass is 371 g/mol. The summed E-state index contributed by atoms with van der Waals surface area (Å²) in [6.07, 6.45) is 2.90. The Morgan fingerprint density at radius 2 is 2.04 bits per heavy atom. The van der Waals surface area contributed by atoms with Gasteiger partial charge in [-0.05, 0) is 26.2 Å². The number of aromatic nitrogens is 4. The zero-order chi connectivity index (χ0) is 19.6. The molecule has 1 aliphatic rings. The van der Waals surface area contributed by atoms with E-state index >= 15 is 0 Å². The van der Waals surface area contributed by atoms with Crippen molar-refractivity contribution in [2.24, 2.45) is 13.0 Å². The maximum absolute atomic E-state index is 12.3. The zero-order valence-electron chi connectivity index (χ0n) is 15.9. The molecule has 144 valence electrons. The second kappa shape index (κ2) is 7.73. The summed E-state index contributed by atoms with van der Waals surface area (Å²) < 4.78 is 1.31. The minimum atomic E-state index is -0.124. The number of carbonyl (C=O) groups is 1. The third-order valence-electron chi connectivity index (χ3n) is 4.97.